The van der Waals surface area contributed by atoms with Gasteiger partial charge in [-0.2, -0.15) is 0 Å². The molecule has 0 N–H and O–H groups in total. The van der Waals surface area contributed by atoms with Crippen LogP contribution in [0.25, 0.3) is 0 Å². The predicted molar refractivity (Wildman–Crippen MR) is 36.0 cm³/mol. The Morgan fingerprint density at radius 1 is 1.62 bits per heavy atom. The van der Waals surface area contributed by atoms with Gasteiger partial charge in [0.25, 0.3) is 0 Å². The van der Waals surface area contributed by atoms with Gasteiger partial charge < -0.3 is 0 Å². The third-order valence-corrected chi connectivity index (χ3v) is 0.581. The summed E-state index contributed by atoms with van der Waals surface area (Å²) in [5.41, 5.74) is 0. The molecule has 0 aliphatic carbocycles. The van der Waals surface area contributed by atoms with E-state index in [0.29, 0.717) is 0 Å². The van der Waals surface area contributed by atoms with Gasteiger partial charge in [-0.3, -0.25) is 0 Å². The first-order chi connectivity index (χ1) is 3.91. The molecule has 0 amide bonds. The van der Waals surface area contributed by atoms with Gasteiger partial charge in [0.15, 0.2) is 0 Å². The molecule has 0 aliphatic rings. The molecule has 0 atom stereocenters. The lowest BCUT2D eigenvalue weighted by Crippen LogP contribution is -1.51. The molecule has 0 heterocycles. The fourth-order valence-corrected chi connectivity index (χ4v) is 0.260. The summed E-state index contributed by atoms with van der Waals surface area (Å²) in [6.45, 7) is 2.05. The van der Waals surface area contributed by atoms with Crippen molar-refractivity contribution < 1.29 is 0 Å². The molecule has 0 nitrogen and oxygen atoms in total. The first kappa shape index (κ1) is 6.86. The van der Waals surface area contributed by atoms with Crippen LogP contribution in [0, 0.1) is 24.2 Å². The van der Waals surface area contributed by atoms with Crippen molar-refractivity contribution in [2.75, 3.05) is 0 Å². The standard InChI is InChI=1S/C8H8/c1-3-5-7-8-6-4-2/h1,6,8H,4H2,2H3/b8-6+. The molecule has 0 saturated heterocycles. The van der Waals surface area contributed by atoms with Crippen LogP contribution in [0.4, 0.5) is 0 Å². The zero-order chi connectivity index (χ0) is 6.24. The second-order valence-corrected chi connectivity index (χ2v) is 1.22. The smallest absolute Gasteiger partial charge is 0.0108 e. The Hall–Kier alpha value is -1.14. The maximum atomic E-state index is 4.85. The van der Waals surface area contributed by atoms with E-state index in [1.54, 1.807) is 6.08 Å². The Bertz CT molecular complexity index is 157. The van der Waals surface area contributed by atoms with E-state index in [-0.39, 0.29) is 0 Å². The first-order valence-corrected chi connectivity index (χ1v) is 2.53. The molecule has 0 rings (SSSR count). The van der Waals surface area contributed by atoms with Gasteiger partial charge in [-0.25, -0.2) is 0 Å². The minimum atomic E-state index is 1.01. The first-order valence-electron chi connectivity index (χ1n) is 2.53. The molecule has 0 unspecified atom stereocenters. The van der Waals surface area contributed by atoms with Gasteiger partial charge in [0.1, 0.15) is 0 Å². The molecule has 40 valence electrons. The van der Waals surface area contributed by atoms with Gasteiger partial charge >= 0.3 is 0 Å². The minimum Gasteiger partial charge on any atom is -0.106 e. The number of hydrogen-bond donors (Lipinski definition) is 0. The van der Waals surface area contributed by atoms with E-state index in [4.69, 9.17) is 6.42 Å². The van der Waals surface area contributed by atoms with E-state index in [9.17, 15) is 0 Å². The normalized spacial score (nSPS) is 7.50. The van der Waals surface area contributed by atoms with E-state index in [1.165, 1.54) is 0 Å². The molecule has 0 spiro atoms. The Morgan fingerprint density at radius 3 is 2.88 bits per heavy atom. The lowest BCUT2D eigenvalue weighted by Gasteiger charge is -1.66. The summed E-state index contributed by atoms with van der Waals surface area (Å²) in [6.07, 6.45) is 9.59. The molecule has 0 heteroatoms. The average Bonchev–Trinajstić information content (AvgIpc) is 1.81. The van der Waals surface area contributed by atoms with Gasteiger partial charge in [0.05, 0.1) is 0 Å². The van der Waals surface area contributed by atoms with Gasteiger partial charge in [-0.1, -0.05) is 18.9 Å². The van der Waals surface area contributed by atoms with Crippen LogP contribution >= 0.6 is 0 Å². The lowest BCUT2D eigenvalue weighted by atomic mass is 10.4. The second-order valence-electron chi connectivity index (χ2n) is 1.22. The third-order valence-electron chi connectivity index (χ3n) is 0.581. The highest BCUT2D eigenvalue weighted by Crippen LogP contribution is 1.75. The van der Waals surface area contributed by atoms with E-state index in [1.807, 2.05) is 13.0 Å². The lowest BCUT2D eigenvalue weighted by molar-refractivity contribution is 1.23. The van der Waals surface area contributed by atoms with Gasteiger partial charge in [-0.15, -0.1) is 6.42 Å². The molecule has 0 fully saturated rings. The molecule has 8 heavy (non-hydrogen) atoms. The summed E-state index contributed by atoms with van der Waals surface area (Å²) in [5.74, 6) is 7.36. The van der Waals surface area contributed by atoms with Gasteiger partial charge in [0, 0.05) is 0 Å². The number of allylic oxidation sites excluding steroid dienone is 2. The van der Waals surface area contributed by atoms with Crippen molar-refractivity contribution >= 4 is 0 Å². The van der Waals surface area contributed by atoms with Crippen LogP contribution in [0.15, 0.2) is 12.2 Å². The van der Waals surface area contributed by atoms with E-state index in [2.05, 4.69) is 17.8 Å². The van der Waals surface area contributed by atoms with Crippen LogP contribution in [0.2, 0.25) is 0 Å². The summed E-state index contributed by atoms with van der Waals surface area (Å²) >= 11 is 0. The Labute approximate surface area is 50.6 Å². The predicted octanol–water partition coefficient (Wildman–Crippen LogP) is 1.59. The van der Waals surface area contributed by atoms with Crippen molar-refractivity contribution in [3.8, 4) is 24.2 Å². The summed E-state index contributed by atoms with van der Waals surface area (Å²) in [6, 6.07) is 0. The molecule has 0 aromatic carbocycles. The van der Waals surface area contributed by atoms with E-state index >= 15 is 0 Å². The Balaban J connectivity index is 3.46. The van der Waals surface area contributed by atoms with Crippen LogP contribution in [0.3, 0.4) is 0 Å². The van der Waals surface area contributed by atoms with Gasteiger partial charge in [0.2, 0.25) is 0 Å². The third kappa shape index (κ3) is 4.86. The molecule has 0 aliphatic heterocycles. The second kappa shape index (κ2) is 5.86. The molecule has 0 aromatic heterocycles. The van der Waals surface area contributed by atoms with Crippen molar-refractivity contribution in [3.05, 3.63) is 12.2 Å². The molecular formula is C8H8. The van der Waals surface area contributed by atoms with Crippen molar-refractivity contribution in [2.24, 2.45) is 0 Å². The SMILES string of the molecule is C#CC#C/C=C/CC. The summed E-state index contributed by atoms with van der Waals surface area (Å²) in [7, 11) is 0. The number of hydrogen-bond acceptors (Lipinski definition) is 0. The summed E-state index contributed by atoms with van der Waals surface area (Å²) in [5, 5.41) is 0. The van der Waals surface area contributed by atoms with Crippen LogP contribution < -0.4 is 0 Å². The Kier molecular flexibility index (Phi) is 5.02. The van der Waals surface area contributed by atoms with E-state index in [0.717, 1.165) is 6.42 Å². The maximum absolute atomic E-state index is 4.85. The van der Waals surface area contributed by atoms with Crippen molar-refractivity contribution in [3.63, 3.8) is 0 Å². The molecular weight excluding hydrogens is 96.1 g/mol. The highest BCUT2D eigenvalue weighted by molar-refractivity contribution is 5.27. The molecule has 0 bridgehead atoms. The molecule has 0 saturated carbocycles. The van der Waals surface area contributed by atoms with Crippen molar-refractivity contribution in [1.82, 2.24) is 0 Å². The van der Waals surface area contributed by atoms with Crippen LogP contribution in [0.1, 0.15) is 13.3 Å². The highest BCUT2D eigenvalue weighted by Gasteiger charge is 1.57. The fourth-order valence-electron chi connectivity index (χ4n) is 0.260. The van der Waals surface area contributed by atoms with Crippen LogP contribution in [0.5, 0.6) is 0 Å². The zero-order valence-corrected chi connectivity index (χ0v) is 4.94. The Morgan fingerprint density at radius 2 is 2.38 bits per heavy atom. The van der Waals surface area contributed by atoms with E-state index < -0.39 is 0 Å². The van der Waals surface area contributed by atoms with Gasteiger partial charge in [-0.05, 0) is 24.3 Å². The quantitative estimate of drug-likeness (QED) is 0.443. The summed E-state index contributed by atoms with van der Waals surface area (Å²) in [4.78, 5) is 0. The van der Waals surface area contributed by atoms with Crippen molar-refractivity contribution in [1.29, 1.82) is 0 Å². The molecule has 0 radical (unpaired) electrons. The van der Waals surface area contributed by atoms with Crippen LogP contribution in [-0.4, -0.2) is 0 Å². The summed E-state index contributed by atoms with van der Waals surface area (Å²) < 4.78 is 0. The monoisotopic (exact) mass is 104 g/mol. The number of rotatable bonds is 1. The average molecular weight is 104 g/mol. The van der Waals surface area contributed by atoms with Crippen LogP contribution in [-0.2, 0) is 0 Å². The highest BCUT2D eigenvalue weighted by atomic mass is 13.6. The maximum Gasteiger partial charge on any atom is -0.0108 e. The topological polar surface area (TPSA) is 0 Å². The largest absolute Gasteiger partial charge is 0.106 e. The minimum absolute atomic E-state index is 1.01. The van der Waals surface area contributed by atoms with Crippen molar-refractivity contribution in [2.45, 2.75) is 13.3 Å². The zero-order valence-electron chi connectivity index (χ0n) is 4.94. The number of terminal acetylenes is 1. The molecule has 0 aromatic rings. The fraction of sp³-hybridized carbons (Fsp3) is 0.250.